The molecule has 1 heterocycles. The number of rotatable bonds is 3. The third-order valence-corrected chi connectivity index (χ3v) is 14.1. The predicted molar refractivity (Wildman–Crippen MR) is 256 cm³/mol. The number of ether oxygens (including phenoxy) is 1. The van der Waals surface area contributed by atoms with E-state index in [-0.39, 0.29) is 5.41 Å². The molecule has 9 aromatic rings. The van der Waals surface area contributed by atoms with E-state index in [1.807, 2.05) is 0 Å². The van der Waals surface area contributed by atoms with Crippen LogP contribution in [0.15, 0.2) is 200 Å². The van der Waals surface area contributed by atoms with Crippen LogP contribution >= 0.6 is 0 Å². The normalized spacial score (nSPS) is 14.6. The molecule has 0 N–H and O–H groups in total. The van der Waals surface area contributed by atoms with Crippen LogP contribution < -0.4 is 9.64 Å². The third kappa shape index (κ3) is 4.64. The first-order valence-electron chi connectivity index (χ1n) is 21.7. The summed E-state index contributed by atoms with van der Waals surface area (Å²) in [5, 5.41) is 0. The van der Waals surface area contributed by atoms with Crippen molar-refractivity contribution >= 4 is 29.2 Å². The van der Waals surface area contributed by atoms with E-state index in [4.69, 9.17) is 4.74 Å². The average Bonchev–Trinajstić information content (AvgIpc) is 3.60. The lowest BCUT2D eigenvalue weighted by molar-refractivity contribution is 0.489. The number of anilines is 3. The summed E-state index contributed by atoms with van der Waals surface area (Å²) < 4.78 is 7.28. The van der Waals surface area contributed by atoms with Gasteiger partial charge in [0.1, 0.15) is 5.75 Å². The van der Waals surface area contributed by atoms with Gasteiger partial charge >= 0.3 is 0 Å². The summed E-state index contributed by atoms with van der Waals surface area (Å²) >= 11 is 0. The van der Waals surface area contributed by atoms with Crippen LogP contribution in [0, 0.1) is 0 Å². The summed E-state index contributed by atoms with van der Waals surface area (Å²) in [6.45, 7) is 4.74. The molecular weight excluding hydrogens is 751 g/mol. The van der Waals surface area contributed by atoms with E-state index < -0.39 is 5.41 Å². The molecular formula is C60H41NO. The number of nitrogens with zero attached hydrogens (tertiary/aromatic N) is 1. The van der Waals surface area contributed by atoms with Gasteiger partial charge in [-0.3, -0.25) is 0 Å². The predicted octanol–water partition coefficient (Wildman–Crippen LogP) is 15.7. The topological polar surface area (TPSA) is 12.5 Å². The van der Waals surface area contributed by atoms with E-state index in [9.17, 15) is 0 Å². The second-order valence-electron chi connectivity index (χ2n) is 17.5. The second-order valence-corrected chi connectivity index (χ2v) is 17.5. The highest BCUT2D eigenvalue weighted by atomic mass is 16.5. The van der Waals surface area contributed by atoms with Crippen LogP contribution in [0.4, 0.5) is 17.1 Å². The molecule has 0 atom stereocenters. The molecule has 1 spiro atoms. The van der Waals surface area contributed by atoms with E-state index >= 15 is 0 Å². The fourth-order valence-electron chi connectivity index (χ4n) is 11.5. The maximum atomic E-state index is 7.28. The first kappa shape index (κ1) is 35.1. The molecule has 0 radical (unpaired) electrons. The highest BCUT2D eigenvalue weighted by Crippen LogP contribution is 2.63. The zero-order valence-corrected chi connectivity index (χ0v) is 34.6. The van der Waals surface area contributed by atoms with Crippen molar-refractivity contribution < 1.29 is 4.74 Å². The lowest BCUT2D eigenvalue weighted by Gasteiger charge is -2.36. The maximum absolute atomic E-state index is 7.28. The first-order valence-corrected chi connectivity index (χ1v) is 21.7. The summed E-state index contributed by atoms with van der Waals surface area (Å²) in [5.74, 6) is 1.68. The largest absolute Gasteiger partial charge is 0.454 e. The molecule has 0 bridgehead atoms. The van der Waals surface area contributed by atoms with E-state index in [0.717, 1.165) is 45.3 Å². The van der Waals surface area contributed by atoms with Gasteiger partial charge < -0.3 is 9.64 Å². The molecule has 0 amide bonds. The van der Waals surface area contributed by atoms with Crippen molar-refractivity contribution in [2.75, 3.05) is 4.90 Å². The second kappa shape index (κ2) is 12.9. The molecule has 62 heavy (non-hydrogen) atoms. The highest BCUT2D eigenvalue weighted by molar-refractivity contribution is 6.02. The summed E-state index contributed by atoms with van der Waals surface area (Å²) in [6.07, 6.45) is 4.60. The highest BCUT2D eigenvalue weighted by Gasteiger charge is 2.50. The molecule has 0 saturated carbocycles. The average molecular weight is 792 g/mol. The van der Waals surface area contributed by atoms with Gasteiger partial charge in [0.2, 0.25) is 0 Å². The van der Waals surface area contributed by atoms with E-state index in [2.05, 4.69) is 231 Å². The van der Waals surface area contributed by atoms with E-state index in [0.29, 0.717) is 0 Å². The summed E-state index contributed by atoms with van der Waals surface area (Å²) in [4.78, 5) is 2.50. The van der Waals surface area contributed by atoms with Crippen molar-refractivity contribution in [2.45, 2.75) is 24.7 Å². The number of hydrogen-bond acceptors (Lipinski definition) is 2. The molecule has 292 valence electrons. The van der Waals surface area contributed by atoms with Crippen LogP contribution in [0.5, 0.6) is 11.5 Å². The van der Waals surface area contributed by atoms with Gasteiger partial charge in [-0.1, -0.05) is 196 Å². The number of para-hydroxylation sites is 2. The summed E-state index contributed by atoms with van der Waals surface area (Å²) in [7, 11) is 0. The smallest absolute Gasteiger partial charge is 0.159 e. The molecule has 9 aromatic carbocycles. The maximum Gasteiger partial charge on any atom is 0.159 e. The van der Waals surface area contributed by atoms with Crippen LogP contribution in [-0.2, 0) is 10.8 Å². The van der Waals surface area contributed by atoms with Crippen molar-refractivity contribution in [3.05, 3.63) is 245 Å². The number of hydrogen-bond donors (Lipinski definition) is 0. The van der Waals surface area contributed by atoms with Crippen molar-refractivity contribution in [1.29, 1.82) is 0 Å². The molecule has 0 saturated heterocycles. The van der Waals surface area contributed by atoms with E-state index in [1.165, 1.54) is 72.3 Å². The standard InChI is InChI=1S/C60H41NO/c1-59(2)50-27-12-7-21-43(50)44-36-35-40(37-53(44)59)61(55-31-15-24-46-42-20-6-5-19-41(42)45-22-9-14-32-56(45)62-58(46)55)54-30-16-29-52-57(54)47-23-8-13-28-51(47)60(52)48-25-10-3-17-38(48)33-34-39-18-4-11-26-49(39)60/h3-37H,1-2H3. The summed E-state index contributed by atoms with van der Waals surface area (Å²) in [6, 6.07) is 73.9. The third-order valence-electron chi connectivity index (χ3n) is 14.1. The van der Waals surface area contributed by atoms with Gasteiger partial charge in [-0.25, -0.2) is 0 Å². The Kier molecular flexibility index (Phi) is 7.31. The van der Waals surface area contributed by atoms with Gasteiger partial charge in [0.15, 0.2) is 5.75 Å². The fraction of sp³-hybridized carbons (Fsp3) is 0.0667. The monoisotopic (exact) mass is 791 g/mol. The van der Waals surface area contributed by atoms with Gasteiger partial charge in [-0.05, 0) is 103 Å². The Morgan fingerprint density at radius 1 is 0.371 bits per heavy atom. The molecule has 2 heteroatoms. The summed E-state index contributed by atoms with van der Waals surface area (Å²) in [5.41, 5.74) is 22.3. The Morgan fingerprint density at radius 2 is 0.887 bits per heavy atom. The lowest BCUT2D eigenvalue weighted by atomic mass is 9.66. The number of fused-ring (bicyclic) bond motifs is 17. The molecule has 0 unspecified atom stereocenters. The van der Waals surface area contributed by atoms with Crippen LogP contribution in [-0.4, -0.2) is 0 Å². The zero-order chi connectivity index (χ0) is 41.2. The van der Waals surface area contributed by atoms with Crippen molar-refractivity contribution in [3.63, 3.8) is 0 Å². The molecule has 0 aromatic heterocycles. The van der Waals surface area contributed by atoms with Crippen LogP contribution in [0.1, 0.15) is 58.4 Å². The van der Waals surface area contributed by atoms with Gasteiger partial charge in [0.05, 0.1) is 16.8 Å². The molecule has 3 aliphatic carbocycles. The SMILES string of the molecule is CC1(C)c2ccccc2-c2ccc(N(c3cccc4c3Oc3ccccc3-c3ccccc3-4)c3cccc4c3-c3ccccc3C43c4ccccc4C=Cc4ccccc43)cc21. The molecule has 2 nitrogen and oxygen atoms in total. The lowest BCUT2D eigenvalue weighted by Crippen LogP contribution is -2.30. The van der Waals surface area contributed by atoms with Crippen molar-refractivity contribution in [2.24, 2.45) is 0 Å². The quantitative estimate of drug-likeness (QED) is 0.177. The minimum absolute atomic E-state index is 0.189. The van der Waals surface area contributed by atoms with Gasteiger partial charge in [-0.2, -0.15) is 0 Å². The van der Waals surface area contributed by atoms with Crippen molar-refractivity contribution in [1.82, 2.24) is 0 Å². The molecule has 1 aliphatic heterocycles. The van der Waals surface area contributed by atoms with Crippen LogP contribution in [0.3, 0.4) is 0 Å². The minimum atomic E-state index is -0.562. The Balaban J connectivity index is 1.14. The number of benzene rings is 9. The van der Waals surface area contributed by atoms with Crippen LogP contribution in [0.2, 0.25) is 0 Å². The van der Waals surface area contributed by atoms with E-state index in [1.54, 1.807) is 0 Å². The van der Waals surface area contributed by atoms with Gasteiger partial charge in [0, 0.05) is 27.8 Å². The van der Waals surface area contributed by atoms with Gasteiger partial charge in [-0.15, -0.1) is 0 Å². The Morgan fingerprint density at radius 3 is 1.63 bits per heavy atom. The molecule has 0 fully saturated rings. The van der Waals surface area contributed by atoms with Crippen molar-refractivity contribution in [3.8, 4) is 56.0 Å². The van der Waals surface area contributed by atoms with Gasteiger partial charge in [0.25, 0.3) is 0 Å². The molecule has 13 rings (SSSR count). The van der Waals surface area contributed by atoms with Crippen LogP contribution in [0.25, 0.3) is 56.7 Å². The Labute approximate surface area is 362 Å². The minimum Gasteiger partial charge on any atom is -0.454 e. The Hall–Kier alpha value is -7.68. The Bertz CT molecular complexity index is 3330. The first-order chi connectivity index (χ1) is 30.5. The zero-order valence-electron chi connectivity index (χ0n) is 34.6. The fourth-order valence-corrected chi connectivity index (χ4v) is 11.5. The molecule has 4 aliphatic rings.